The lowest BCUT2D eigenvalue weighted by atomic mass is 10.2. The number of rotatable bonds is 4. The summed E-state index contributed by atoms with van der Waals surface area (Å²) >= 11 is 0. The van der Waals surface area contributed by atoms with Gasteiger partial charge in [0.1, 0.15) is 0 Å². The van der Waals surface area contributed by atoms with E-state index in [1.54, 1.807) is 12.3 Å². The van der Waals surface area contributed by atoms with Crippen LogP contribution in [0.15, 0.2) is 24.9 Å². The first-order valence-electron chi connectivity index (χ1n) is 5.51. The molecule has 0 bridgehead atoms. The summed E-state index contributed by atoms with van der Waals surface area (Å²) in [5, 5.41) is 2.67. The van der Waals surface area contributed by atoms with E-state index in [1.807, 2.05) is 19.9 Å². The van der Waals surface area contributed by atoms with Gasteiger partial charge >= 0.3 is 0 Å². The number of carbonyl (C=O) groups excluding carboxylic acids is 1. The van der Waals surface area contributed by atoms with E-state index in [4.69, 9.17) is 0 Å². The van der Waals surface area contributed by atoms with E-state index in [1.165, 1.54) is 6.92 Å². The number of nitrogens with one attached hydrogen (secondary N) is 1. The molecule has 1 N–H and O–H groups in total. The highest BCUT2D eigenvalue weighted by Gasteiger charge is 2.07. The first kappa shape index (κ1) is 13.1. The van der Waals surface area contributed by atoms with Crippen LogP contribution in [-0.2, 0) is 11.2 Å². The Kier molecular flexibility index (Phi) is 4.57. The molecule has 0 saturated heterocycles. The number of allylic oxidation sites excluding steroid dienone is 3. The fraction of sp³-hybridized carbons (Fsp3) is 0.308. The van der Waals surface area contributed by atoms with E-state index in [0.717, 1.165) is 23.4 Å². The minimum atomic E-state index is -0.139. The van der Waals surface area contributed by atoms with Crippen LogP contribution in [0, 0.1) is 0 Å². The van der Waals surface area contributed by atoms with Crippen molar-refractivity contribution in [3.63, 3.8) is 0 Å². The summed E-state index contributed by atoms with van der Waals surface area (Å²) in [5.41, 5.74) is 2.59. The van der Waals surface area contributed by atoms with Gasteiger partial charge in [-0.05, 0) is 18.9 Å². The van der Waals surface area contributed by atoms with Crippen molar-refractivity contribution >= 4 is 17.3 Å². The van der Waals surface area contributed by atoms with E-state index >= 15 is 0 Å². The number of hydrogen-bond acceptors (Lipinski definition) is 3. The summed E-state index contributed by atoms with van der Waals surface area (Å²) in [6.45, 7) is 9.03. The molecule has 0 aliphatic heterocycles. The molecule has 0 spiro atoms. The van der Waals surface area contributed by atoms with E-state index in [2.05, 4.69) is 21.9 Å². The highest BCUT2D eigenvalue weighted by atomic mass is 16.1. The second-order valence-corrected chi connectivity index (χ2v) is 3.67. The number of aromatic nitrogens is 2. The molecule has 1 rings (SSSR count). The van der Waals surface area contributed by atoms with Gasteiger partial charge in [0.25, 0.3) is 0 Å². The Bertz CT molecular complexity index is 464. The number of amides is 1. The molecule has 0 aliphatic rings. The quantitative estimate of drug-likeness (QED) is 0.810. The van der Waals surface area contributed by atoms with Crippen molar-refractivity contribution in [2.75, 3.05) is 5.32 Å². The Morgan fingerprint density at radius 1 is 1.53 bits per heavy atom. The topological polar surface area (TPSA) is 54.9 Å². The van der Waals surface area contributed by atoms with Crippen LogP contribution in [-0.4, -0.2) is 15.9 Å². The maximum Gasteiger partial charge on any atom is 0.222 e. The molecule has 4 nitrogen and oxygen atoms in total. The Labute approximate surface area is 101 Å². The second-order valence-electron chi connectivity index (χ2n) is 3.67. The fourth-order valence-corrected chi connectivity index (χ4v) is 1.40. The number of nitrogens with zero attached hydrogens (tertiary/aromatic N) is 2. The molecule has 1 aromatic rings. The first-order chi connectivity index (χ1) is 8.08. The third kappa shape index (κ3) is 3.52. The first-order valence-corrected chi connectivity index (χ1v) is 5.51. The summed E-state index contributed by atoms with van der Waals surface area (Å²) in [6.07, 6.45) is 5.96. The highest BCUT2D eigenvalue weighted by Crippen LogP contribution is 2.16. The van der Waals surface area contributed by atoms with Gasteiger partial charge < -0.3 is 5.32 Å². The molecule has 1 aromatic heterocycles. The van der Waals surface area contributed by atoms with E-state index in [-0.39, 0.29) is 5.91 Å². The molecule has 0 fully saturated rings. The Hall–Kier alpha value is -1.97. The molecule has 4 heteroatoms. The average molecular weight is 231 g/mol. The summed E-state index contributed by atoms with van der Waals surface area (Å²) in [4.78, 5) is 19.7. The molecular formula is C13H17N3O. The lowest BCUT2D eigenvalue weighted by Crippen LogP contribution is -2.11. The predicted molar refractivity (Wildman–Crippen MR) is 69.6 cm³/mol. The van der Waals surface area contributed by atoms with E-state index < -0.39 is 0 Å². The van der Waals surface area contributed by atoms with Crippen LogP contribution in [0.3, 0.4) is 0 Å². The van der Waals surface area contributed by atoms with Crippen LogP contribution >= 0.6 is 0 Å². The van der Waals surface area contributed by atoms with Crippen LogP contribution in [0.4, 0.5) is 5.82 Å². The Morgan fingerprint density at radius 3 is 2.76 bits per heavy atom. The zero-order chi connectivity index (χ0) is 12.8. The fourth-order valence-electron chi connectivity index (χ4n) is 1.40. The molecule has 0 aliphatic carbocycles. The van der Waals surface area contributed by atoms with Crippen molar-refractivity contribution in [3.05, 3.63) is 36.3 Å². The monoisotopic (exact) mass is 231 g/mol. The van der Waals surface area contributed by atoms with Crippen molar-refractivity contribution < 1.29 is 4.79 Å². The van der Waals surface area contributed by atoms with Gasteiger partial charge in [-0.25, -0.2) is 9.97 Å². The average Bonchev–Trinajstić information content (AvgIpc) is 2.29. The number of aryl methyl sites for hydroxylation is 1. The van der Waals surface area contributed by atoms with Gasteiger partial charge in [-0.2, -0.15) is 0 Å². The standard InChI is InChI=1S/C13H17N3O/c1-5-7-9(3)12-8-14-13(15-10(4)17)11(6-2)16-12/h5,7-8H,1,6H2,2-4H3,(H,14,15,17)/b9-7+. The SMILES string of the molecule is C=C/C=C(\C)c1cnc(NC(C)=O)c(CC)n1. The summed E-state index contributed by atoms with van der Waals surface area (Å²) in [6, 6.07) is 0. The lowest BCUT2D eigenvalue weighted by molar-refractivity contribution is -0.114. The molecule has 1 heterocycles. The lowest BCUT2D eigenvalue weighted by Gasteiger charge is -2.08. The van der Waals surface area contributed by atoms with E-state index in [9.17, 15) is 4.79 Å². The zero-order valence-corrected chi connectivity index (χ0v) is 10.4. The third-order valence-corrected chi connectivity index (χ3v) is 2.25. The van der Waals surface area contributed by atoms with Crippen LogP contribution in [0.2, 0.25) is 0 Å². The minimum absolute atomic E-state index is 0.139. The van der Waals surface area contributed by atoms with Gasteiger partial charge in [0, 0.05) is 6.92 Å². The van der Waals surface area contributed by atoms with Crippen LogP contribution in [0.1, 0.15) is 32.2 Å². The Balaban J connectivity index is 3.12. The summed E-state index contributed by atoms with van der Waals surface area (Å²) < 4.78 is 0. The summed E-state index contributed by atoms with van der Waals surface area (Å²) in [5.74, 6) is 0.398. The van der Waals surface area contributed by atoms with Gasteiger partial charge in [-0.15, -0.1) is 0 Å². The molecule has 0 aromatic carbocycles. The number of hydrogen-bond donors (Lipinski definition) is 1. The molecule has 90 valence electrons. The Morgan fingerprint density at radius 2 is 2.24 bits per heavy atom. The van der Waals surface area contributed by atoms with Crippen LogP contribution < -0.4 is 5.32 Å². The van der Waals surface area contributed by atoms with Gasteiger partial charge in [-0.1, -0.05) is 25.7 Å². The van der Waals surface area contributed by atoms with Crippen molar-refractivity contribution in [1.82, 2.24) is 9.97 Å². The van der Waals surface area contributed by atoms with Crippen molar-refractivity contribution in [2.24, 2.45) is 0 Å². The normalized spacial score (nSPS) is 11.1. The highest BCUT2D eigenvalue weighted by molar-refractivity contribution is 5.88. The van der Waals surface area contributed by atoms with Crippen LogP contribution in [0.5, 0.6) is 0 Å². The molecule has 1 amide bonds. The second kappa shape index (κ2) is 5.94. The maximum atomic E-state index is 11.0. The molecule has 0 saturated carbocycles. The largest absolute Gasteiger partial charge is 0.309 e. The maximum absolute atomic E-state index is 11.0. The van der Waals surface area contributed by atoms with E-state index in [0.29, 0.717) is 5.82 Å². The van der Waals surface area contributed by atoms with Gasteiger partial charge in [0.15, 0.2) is 5.82 Å². The minimum Gasteiger partial charge on any atom is -0.309 e. The van der Waals surface area contributed by atoms with Crippen molar-refractivity contribution in [3.8, 4) is 0 Å². The van der Waals surface area contributed by atoms with Crippen molar-refractivity contribution in [1.29, 1.82) is 0 Å². The summed E-state index contributed by atoms with van der Waals surface area (Å²) in [7, 11) is 0. The molecular weight excluding hydrogens is 214 g/mol. The van der Waals surface area contributed by atoms with Crippen molar-refractivity contribution in [2.45, 2.75) is 27.2 Å². The molecule has 17 heavy (non-hydrogen) atoms. The third-order valence-electron chi connectivity index (χ3n) is 2.25. The smallest absolute Gasteiger partial charge is 0.222 e. The zero-order valence-electron chi connectivity index (χ0n) is 10.4. The number of carbonyl (C=O) groups is 1. The van der Waals surface area contributed by atoms with Gasteiger partial charge in [-0.3, -0.25) is 4.79 Å². The number of anilines is 1. The predicted octanol–water partition coefficient (Wildman–Crippen LogP) is 2.59. The molecule has 0 radical (unpaired) electrons. The van der Waals surface area contributed by atoms with Gasteiger partial charge in [0.2, 0.25) is 5.91 Å². The molecule has 0 atom stereocenters. The van der Waals surface area contributed by atoms with Crippen LogP contribution in [0.25, 0.3) is 5.57 Å². The molecule has 0 unspecified atom stereocenters. The van der Waals surface area contributed by atoms with Gasteiger partial charge in [0.05, 0.1) is 17.6 Å².